The fourth-order valence-corrected chi connectivity index (χ4v) is 2.79. The number of thioether (sulfide) groups is 1. The third kappa shape index (κ3) is 4.16. The average Bonchev–Trinajstić information content (AvgIpc) is 3.31. The second-order valence-electron chi connectivity index (χ2n) is 5.42. The Morgan fingerprint density at radius 1 is 1.20 bits per heavy atom. The molecule has 2 aromatic rings. The van der Waals surface area contributed by atoms with Crippen molar-refractivity contribution in [2.24, 2.45) is 0 Å². The average molecular weight is 365 g/mol. The summed E-state index contributed by atoms with van der Waals surface area (Å²) in [6.45, 7) is 0. The maximum atomic E-state index is 11.7. The number of carbonyl (C=O) groups excluding carboxylic acids is 1. The molecule has 0 aliphatic heterocycles. The molecule has 0 atom stereocenters. The molecule has 0 bridgehead atoms. The van der Waals surface area contributed by atoms with Crippen LogP contribution in [0, 0.1) is 0 Å². The van der Waals surface area contributed by atoms with Crippen LogP contribution in [-0.4, -0.2) is 49.2 Å². The molecule has 1 aliphatic rings. The van der Waals surface area contributed by atoms with Gasteiger partial charge in [-0.05, 0) is 25.0 Å². The highest BCUT2D eigenvalue weighted by molar-refractivity contribution is 7.99. The lowest BCUT2D eigenvalue weighted by atomic mass is 10.2. The first kappa shape index (κ1) is 17.4. The number of amides is 1. The van der Waals surface area contributed by atoms with Crippen molar-refractivity contribution < 1.29 is 23.4 Å². The second-order valence-corrected chi connectivity index (χ2v) is 6.34. The van der Waals surface area contributed by atoms with E-state index in [1.807, 2.05) is 0 Å². The number of hydrogen-bond donors (Lipinski definition) is 1. The van der Waals surface area contributed by atoms with Gasteiger partial charge in [0.15, 0.2) is 11.5 Å². The van der Waals surface area contributed by atoms with Gasteiger partial charge in [-0.1, -0.05) is 11.8 Å². The second kappa shape index (κ2) is 7.64. The number of rotatable bonds is 8. The Hall–Kier alpha value is -2.42. The normalized spacial score (nSPS) is 13.4. The predicted octanol–water partition coefficient (Wildman–Crippen LogP) is 2.13. The molecule has 1 aromatic carbocycles. The van der Waals surface area contributed by atoms with Crippen LogP contribution in [0.5, 0.6) is 17.2 Å². The van der Waals surface area contributed by atoms with Crippen molar-refractivity contribution >= 4 is 17.7 Å². The standard InChI is InChI=1S/C16H19N3O5S/c1-21-11-6-9(7-12(22-2)14(11)23-3)15-18-19-16(24-15)25-8-13(20)17-10-4-5-10/h6-7,10H,4-5,8H2,1-3H3,(H,17,20). The molecule has 9 heteroatoms. The largest absolute Gasteiger partial charge is 0.493 e. The Labute approximate surface area is 149 Å². The Bertz CT molecular complexity index is 735. The SMILES string of the molecule is COc1cc(-c2nnc(SCC(=O)NC3CC3)o2)cc(OC)c1OC. The highest BCUT2D eigenvalue weighted by Crippen LogP contribution is 2.41. The van der Waals surface area contributed by atoms with Gasteiger partial charge >= 0.3 is 0 Å². The van der Waals surface area contributed by atoms with Crippen molar-refractivity contribution in [2.45, 2.75) is 24.1 Å². The Morgan fingerprint density at radius 2 is 1.88 bits per heavy atom. The quantitative estimate of drug-likeness (QED) is 0.711. The van der Waals surface area contributed by atoms with Crippen LogP contribution in [0.2, 0.25) is 0 Å². The minimum atomic E-state index is -0.0277. The lowest BCUT2D eigenvalue weighted by Crippen LogP contribution is -2.26. The molecule has 3 rings (SSSR count). The fourth-order valence-electron chi connectivity index (χ4n) is 2.21. The van der Waals surface area contributed by atoms with Gasteiger partial charge in [-0.3, -0.25) is 4.79 Å². The number of ether oxygens (including phenoxy) is 3. The maximum absolute atomic E-state index is 11.7. The summed E-state index contributed by atoms with van der Waals surface area (Å²) < 4.78 is 21.5. The smallest absolute Gasteiger partial charge is 0.277 e. The molecular formula is C16H19N3O5S. The molecule has 8 nitrogen and oxygen atoms in total. The number of carbonyl (C=O) groups is 1. The molecule has 0 spiro atoms. The highest BCUT2D eigenvalue weighted by Gasteiger charge is 2.23. The minimum absolute atomic E-state index is 0.0277. The minimum Gasteiger partial charge on any atom is -0.493 e. The lowest BCUT2D eigenvalue weighted by Gasteiger charge is -2.12. The van der Waals surface area contributed by atoms with Crippen LogP contribution in [0.15, 0.2) is 21.8 Å². The van der Waals surface area contributed by atoms with Gasteiger partial charge in [0.05, 0.1) is 27.1 Å². The van der Waals surface area contributed by atoms with E-state index in [0.29, 0.717) is 40.0 Å². The number of aromatic nitrogens is 2. The summed E-state index contributed by atoms with van der Waals surface area (Å²) in [5.41, 5.74) is 0.635. The zero-order chi connectivity index (χ0) is 17.8. The lowest BCUT2D eigenvalue weighted by molar-refractivity contribution is -0.118. The number of methoxy groups -OCH3 is 3. The molecule has 0 saturated heterocycles. The van der Waals surface area contributed by atoms with Gasteiger partial charge in [0.1, 0.15) is 0 Å². The Balaban J connectivity index is 1.73. The zero-order valence-corrected chi connectivity index (χ0v) is 15.0. The molecule has 1 aromatic heterocycles. The van der Waals surface area contributed by atoms with Crippen LogP contribution in [0.1, 0.15) is 12.8 Å². The molecule has 1 saturated carbocycles. The molecule has 1 amide bonds. The summed E-state index contributed by atoms with van der Waals surface area (Å²) in [5.74, 6) is 2.00. The van der Waals surface area contributed by atoms with Crippen molar-refractivity contribution in [3.05, 3.63) is 12.1 Å². The van der Waals surface area contributed by atoms with Crippen LogP contribution >= 0.6 is 11.8 Å². The first-order valence-corrected chi connectivity index (χ1v) is 8.69. The maximum Gasteiger partial charge on any atom is 0.277 e. The summed E-state index contributed by atoms with van der Waals surface area (Å²) >= 11 is 1.20. The van der Waals surface area contributed by atoms with Crippen molar-refractivity contribution in [1.82, 2.24) is 15.5 Å². The number of benzene rings is 1. The van der Waals surface area contributed by atoms with Crippen molar-refractivity contribution in [1.29, 1.82) is 0 Å². The van der Waals surface area contributed by atoms with Crippen LogP contribution in [-0.2, 0) is 4.79 Å². The van der Waals surface area contributed by atoms with E-state index >= 15 is 0 Å². The van der Waals surface area contributed by atoms with Gasteiger partial charge < -0.3 is 23.9 Å². The van der Waals surface area contributed by atoms with E-state index in [1.165, 1.54) is 33.1 Å². The van der Waals surface area contributed by atoms with E-state index in [9.17, 15) is 4.79 Å². The van der Waals surface area contributed by atoms with Crippen LogP contribution in [0.25, 0.3) is 11.5 Å². The van der Waals surface area contributed by atoms with Crippen molar-refractivity contribution in [3.63, 3.8) is 0 Å². The number of nitrogens with zero attached hydrogens (tertiary/aromatic N) is 2. The van der Waals surface area contributed by atoms with E-state index in [4.69, 9.17) is 18.6 Å². The Kier molecular flexibility index (Phi) is 5.32. The number of nitrogens with one attached hydrogen (secondary N) is 1. The van der Waals surface area contributed by atoms with Gasteiger partial charge in [-0.15, -0.1) is 10.2 Å². The molecule has 25 heavy (non-hydrogen) atoms. The fraction of sp³-hybridized carbons (Fsp3) is 0.438. The van der Waals surface area contributed by atoms with E-state index in [2.05, 4.69) is 15.5 Å². The van der Waals surface area contributed by atoms with Gasteiger partial charge in [-0.2, -0.15) is 0 Å². The van der Waals surface area contributed by atoms with E-state index in [1.54, 1.807) is 12.1 Å². The third-order valence-corrected chi connectivity index (χ3v) is 4.41. The highest BCUT2D eigenvalue weighted by atomic mass is 32.2. The molecule has 1 heterocycles. The number of hydrogen-bond acceptors (Lipinski definition) is 8. The monoisotopic (exact) mass is 365 g/mol. The van der Waals surface area contributed by atoms with E-state index in [-0.39, 0.29) is 11.7 Å². The summed E-state index contributed by atoms with van der Waals surface area (Å²) in [4.78, 5) is 11.7. The third-order valence-electron chi connectivity index (χ3n) is 3.59. The van der Waals surface area contributed by atoms with Crippen LogP contribution < -0.4 is 19.5 Å². The molecule has 0 unspecified atom stereocenters. The van der Waals surface area contributed by atoms with Gasteiger partial charge in [0.25, 0.3) is 5.22 Å². The topological polar surface area (TPSA) is 95.7 Å². The summed E-state index contributed by atoms with van der Waals surface area (Å²) in [7, 11) is 4.61. The molecule has 1 N–H and O–H groups in total. The van der Waals surface area contributed by atoms with Crippen molar-refractivity contribution in [2.75, 3.05) is 27.1 Å². The van der Waals surface area contributed by atoms with Crippen LogP contribution in [0.3, 0.4) is 0 Å². The van der Waals surface area contributed by atoms with Gasteiger partial charge in [-0.25, -0.2) is 0 Å². The van der Waals surface area contributed by atoms with Gasteiger partial charge in [0.2, 0.25) is 17.5 Å². The molecule has 0 radical (unpaired) electrons. The molecule has 1 aliphatic carbocycles. The first-order valence-electron chi connectivity index (χ1n) is 7.70. The summed E-state index contributed by atoms with van der Waals surface area (Å²) in [6.07, 6.45) is 2.12. The summed E-state index contributed by atoms with van der Waals surface area (Å²) in [5, 5.41) is 11.2. The Morgan fingerprint density at radius 3 is 2.44 bits per heavy atom. The zero-order valence-electron chi connectivity index (χ0n) is 14.2. The predicted molar refractivity (Wildman–Crippen MR) is 91.3 cm³/mol. The van der Waals surface area contributed by atoms with E-state index in [0.717, 1.165) is 12.8 Å². The first-order chi connectivity index (χ1) is 12.1. The van der Waals surface area contributed by atoms with Crippen molar-refractivity contribution in [3.8, 4) is 28.7 Å². The summed E-state index contributed by atoms with van der Waals surface area (Å²) in [6, 6.07) is 3.79. The molecular weight excluding hydrogens is 346 g/mol. The van der Waals surface area contributed by atoms with E-state index < -0.39 is 0 Å². The molecule has 1 fully saturated rings. The van der Waals surface area contributed by atoms with Crippen LogP contribution in [0.4, 0.5) is 0 Å². The van der Waals surface area contributed by atoms with Gasteiger partial charge in [0, 0.05) is 11.6 Å². The molecule has 134 valence electrons.